The molecule has 0 saturated carbocycles. The largest absolute Gasteiger partial charge is 0.310 e. The third kappa shape index (κ3) is 4.97. The molecule has 0 saturated heterocycles. The highest BCUT2D eigenvalue weighted by Crippen LogP contribution is 2.26. The van der Waals surface area contributed by atoms with E-state index >= 15 is 0 Å². The van der Waals surface area contributed by atoms with Crippen LogP contribution in [0.4, 0.5) is 5.82 Å². The van der Waals surface area contributed by atoms with Crippen molar-refractivity contribution >= 4 is 32.5 Å². The maximum absolute atomic E-state index is 13.5. The lowest BCUT2D eigenvalue weighted by Crippen LogP contribution is -2.38. The molecule has 0 aliphatic rings. The number of aryl methyl sites for hydroxylation is 1. The van der Waals surface area contributed by atoms with Crippen LogP contribution in [-0.4, -0.2) is 41.5 Å². The first-order valence-corrected chi connectivity index (χ1v) is 11.8. The number of nitrogens with zero attached hydrogens (tertiary/aromatic N) is 3. The van der Waals surface area contributed by atoms with Gasteiger partial charge in [0.05, 0.1) is 17.1 Å². The van der Waals surface area contributed by atoms with Gasteiger partial charge in [-0.3, -0.25) is 9.48 Å². The van der Waals surface area contributed by atoms with Crippen molar-refractivity contribution in [2.75, 3.05) is 18.4 Å². The molecule has 3 aromatic rings. The van der Waals surface area contributed by atoms with E-state index in [-0.39, 0.29) is 23.4 Å². The Bertz CT molecular complexity index is 1190. The van der Waals surface area contributed by atoms with E-state index in [2.05, 4.69) is 10.4 Å². The predicted molar refractivity (Wildman–Crippen MR) is 124 cm³/mol. The van der Waals surface area contributed by atoms with Crippen molar-refractivity contribution in [2.24, 2.45) is 7.05 Å². The number of aromatic nitrogens is 2. The van der Waals surface area contributed by atoms with Crippen LogP contribution in [0.5, 0.6) is 0 Å². The lowest BCUT2D eigenvalue weighted by molar-refractivity contribution is -0.116. The molecule has 166 valence electrons. The zero-order valence-electron chi connectivity index (χ0n) is 18.7. The van der Waals surface area contributed by atoms with E-state index < -0.39 is 15.9 Å². The molecule has 2 aromatic carbocycles. The molecule has 0 aliphatic heterocycles. The molecule has 1 N–H and O–H groups in total. The molecular weight excluding hydrogens is 412 g/mol. The number of nitrogens with one attached hydrogen (secondary N) is 1. The Morgan fingerprint density at radius 3 is 2.45 bits per heavy atom. The minimum atomic E-state index is -3.86. The van der Waals surface area contributed by atoms with Crippen LogP contribution < -0.4 is 5.32 Å². The van der Waals surface area contributed by atoms with E-state index in [4.69, 9.17) is 0 Å². The van der Waals surface area contributed by atoms with Gasteiger partial charge in [-0.1, -0.05) is 64.1 Å². The average molecular weight is 443 g/mol. The normalized spacial score (nSPS) is 12.5. The number of hydrogen-bond acceptors (Lipinski definition) is 4. The van der Waals surface area contributed by atoms with Gasteiger partial charge in [-0.05, 0) is 17.9 Å². The van der Waals surface area contributed by atoms with Crippen molar-refractivity contribution in [2.45, 2.75) is 44.4 Å². The molecule has 0 spiro atoms. The number of benzene rings is 2. The Balaban J connectivity index is 1.87. The molecule has 7 nitrogen and oxygen atoms in total. The molecule has 31 heavy (non-hydrogen) atoms. The average Bonchev–Trinajstić information content (AvgIpc) is 3.08. The summed E-state index contributed by atoms with van der Waals surface area (Å²) in [6.07, 6.45) is 0.594. The quantitative estimate of drug-likeness (QED) is 0.601. The van der Waals surface area contributed by atoms with Crippen LogP contribution in [0.3, 0.4) is 0 Å². The SMILES string of the molecule is CCCN(CC(=O)Nc1cc(C(C)(C)C)nn1C)S(=O)(=O)c1cccc2ccccc12. The van der Waals surface area contributed by atoms with Gasteiger partial charge in [0.1, 0.15) is 5.82 Å². The molecule has 0 atom stereocenters. The van der Waals surface area contributed by atoms with Crippen LogP contribution >= 0.6 is 0 Å². The molecule has 1 aromatic heterocycles. The molecule has 0 bridgehead atoms. The van der Waals surface area contributed by atoms with E-state index in [0.29, 0.717) is 17.6 Å². The number of rotatable bonds is 7. The smallest absolute Gasteiger partial charge is 0.244 e. The maximum Gasteiger partial charge on any atom is 0.244 e. The van der Waals surface area contributed by atoms with Gasteiger partial charge in [-0.25, -0.2) is 8.42 Å². The molecule has 3 rings (SSSR count). The maximum atomic E-state index is 13.5. The second-order valence-electron chi connectivity index (χ2n) is 8.65. The van der Waals surface area contributed by atoms with Crippen LogP contribution in [0, 0.1) is 0 Å². The number of carbonyl (C=O) groups excluding carboxylic acids is 1. The molecule has 0 unspecified atom stereocenters. The summed E-state index contributed by atoms with van der Waals surface area (Å²) in [4.78, 5) is 13.0. The highest BCUT2D eigenvalue weighted by Gasteiger charge is 2.28. The molecule has 1 amide bonds. The standard InChI is InChI=1S/C23H30N4O3S/c1-6-14-27(16-22(28)24-21-15-20(23(2,3)4)25-26(21)5)31(29,30)19-13-9-11-17-10-7-8-12-18(17)19/h7-13,15H,6,14,16H2,1-5H3,(H,24,28). The first-order valence-electron chi connectivity index (χ1n) is 10.4. The number of fused-ring (bicyclic) bond motifs is 1. The number of carbonyl (C=O) groups is 1. The Morgan fingerprint density at radius 1 is 1.13 bits per heavy atom. The molecule has 0 aliphatic carbocycles. The summed E-state index contributed by atoms with van der Waals surface area (Å²) in [5, 5.41) is 8.75. The second-order valence-corrected chi connectivity index (χ2v) is 10.6. The van der Waals surface area contributed by atoms with Crippen LogP contribution in [-0.2, 0) is 27.3 Å². The number of anilines is 1. The summed E-state index contributed by atoms with van der Waals surface area (Å²) in [6, 6.07) is 14.4. The minimum absolute atomic E-state index is 0.160. The van der Waals surface area contributed by atoms with Gasteiger partial charge in [0, 0.05) is 30.5 Å². The summed E-state index contributed by atoms with van der Waals surface area (Å²) in [7, 11) is -2.10. The van der Waals surface area contributed by atoms with Gasteiger partial charge in [-0.15, -0.1) is 0 Å². The first kappa shape index (κ1) is 23.0. The fraction of sp³-hybridized carbons (Fsp3) is 0.391. The second kappa shape index (κ2) is 8.80. The van der Waals surface area contributed by atoms with Gasteiger partial charge in [0.2, 0.25) is 15.9 Å². The Hall–Kier alpha value is -2.71. The van der Waals surface area contributed by atoms with Crippen LogP contribution in [0.1, 0.15) is 39.8 Å². The van der Waals surface area contributed by atoms with Crippen LogP contribution in [0.15, 0.2) is 53.4 Å². The molecule has 1 heterocycles. The molecule has 0 fully saturated rings. The highest BCUT2D eigenvalue weighted by molar-refractivity contribution is 7.89. The molecule has 8 heteroatoms. The van der Waals surface area contributed by atoms with E-state index in [1.165, 1.54) is 4.31 Å². The first-order chi connectivity index (χ1) is 14.5. The fourth-order valence-corrected chi connectivity index (χ4v) is 5.09. The molecule has 0 radical (unpaired) electrons. The van der Waals surface area contributed by atoms with Gasteiger partial charge in [0.15, 0.2) is 0 Å². The van der Waals surface area contributed by atoms with Crippen molar-refractivity contribution < 1.29 is 13.2 Å². The summed E-state index contributed by atoms with van der Waals surface area (Å²) >= 11 is 0. The van der Waals surface area contributed by atoms with Gasteiger partial charge in [0.25, 0.3) is 0 Å². The summed E-state index contributed by atoms with van der Waals surface area (Å²) in [6.45, 7) is 8.00. The Kier molecular flexibility index (Phi) is 6.52. The predicted octanol–water partition coefficient (Wildman–Crippen LogP) is 3.91. The highest BCUT2D eigenvalue weighted by atomic mass is 32.2. The summed E-state index contributed by atoms with van der Waals surface area (Å²) in [5.41, 5.74) is 0.686. The van der Waals surface area contributed by atoms with Crippen molar-refractivity contribution in [1.82, 2.24) is 14.1 Å². The lowest BCUT2D eigenvalue weighted by atomic mass is 9.92. The van der Waals surface area contributed by atoms with Crippen molar-refractivity contribution in [1.29, 1.82) is 0 Å². The van der Waals surface area contributed by atoms with E-state index in [9.17, 15) is 13.2 Å². The van der Waals surface area contributed by atoms with Gasteiger partial charge < -0.3 is 5.32 Å². The summed E-state index contributed by atoms with van der Waals surface area (Å²) in [5.74, 6) is 0.134. The number of hydrogen-bond donors (Lipinski definition) is 1. The van der Waals surface area contributed by atoms with Crippen molar-refractivity contribution in [3.8, 4) is 0 Å². The van der Waals surface area contributed by atoms with E-state index in [1.807, 2.05) is 58.0 Å². The Labute approximate surface area is 184 Å². The number of sulfonamides is 1. The van der Waals surface area contributed by atoms with Gasteiger partial charge in [-0.2, -0.15) is 9.40 Å². The Morgan fingerprint density at radius 2 is 1.81 bits per heavy atom. The van der Waals surface area contributed by atoms with Gasteiger partial charge >= 0.3 is 0 Å². The van der Waals surface area contributed by atoms with Crippen molar-refractivity contribution in [3.05, 3.63) is 54.2 Å². The van der Waals surface area contributed by atoms with Crippen LogP contribution in [0.25, 0.3) is 10.8 Å². The van der Waals surface area contributed by atoms with Crippen LogP contribution in [0.2, 0.25) is 0 Å². The number of amides is 1. The van der Waals surface area contributed by atoms with Crippen molar-refractivity contribution in [3.63, 3.8) is 0 Å². The third-order valence-corrected chi connectivity index (χ3v) is 6.98. The third-order valence-electron chi connectivity index (χ3n) is 5.08. The zero-order valence-corrected chi connectivity index (χ0v) is 19.5. The lowest BCUT2D eigenvalue weighted by Gasteiger charge is -2.22. The summed E-state index contributed by atoms with van der Waals surface area (Å²) < 4.78 is 29.8. The monoisotopic (exact) mass is 442 g/mol. The molecular formula is C23H30N4O3S. The van der Waals surface area contributed by atoms with E-state index in [0.717, 1.165) is 11.1 Å². The topological polar surface area (TPSA) is 84.3 Å². The fourth-order valence-electron chi connectivity index (χ4n) is 3.39. The minimum Gasteiger partial charge on any atom is -0.310 e. The van der Waals surface area contributed by atoms with E-state index in [1.54, 1.807) is 29.9 Å². The zero-order chi connectivity index (χ0) is 22.8.